The molecule has 0 saturated heterocycles. The van der Waals surface area contributed by atoms with Crippen LogP contribution in [0.5, 0.6) is 0 Å². The summed E-state index contributed by atoms with van der Waals surface area (Å²) in [4.78, 5) is 1.04. The molecule has 2 aromatic rings. The van der Waals surface area contributed by atoms with Gasteiger partial charge in [0.2, 0.25) is 0 Å². The Hall–Kier alpha value is -1.12. The maximum absolute atomic E-state index is 5.99. The number of nitrogen functional groups attached to an aromatic ring is 1. The van der Waals surface area contributed by atoms with E-state index in [1.807, 2.05) is 18.2 Å². The molecule has 0 aliphatic rings. The Kier molecular flexibility index (Phi) is 4.78. The van der Waals surface area contributed by atoms with Gasteiger partial charge in [0.25, 0.3) is 0 Å². The highest BCUT2D eigenvalue weighted by molar-refractivity contribution is 7.98. The summed E-state index contributed by atoms with van der Waals surface area (Å²) < 4.78 is 0. The Labute approximate surface area is 124 Å². The molecule has 0 aliphatic carbocycles. The van der Waals surface area contributed by atoms with Crippen LogP contribution >= 0.6 is 23.4 Å². The molecule has 0 aliphatic heterocycles. The summed E-state index contributed by atoms with van der Waals surface area (Å²) in [5, 5.41) is 0.729. The van der Waals surface area contributed by atoms with Crippen LogP contribution in [0.1, 0.15) is 30.9 Å². The van der Waals surface area contributed by atoms with Crippen LogP contribution < -0.4 is 5.73 Å². The molecule has 100 valence electrons. The van der Waals surface area contributed by atoms with Crippen LogP contribution in [0.15, 0.2) is 47.4 Å². The molecule has 19 heavy (non-hydrogen) atoms. The second kappa shape index (κ2) is 6.36. The van der Waals surface area contributed by atoms with Gasteiger partial charge in [0, 0.05) is 21.4 Å². The summed E-state index contributed by atoms with van der Waals surface area (Å²) in [5.41, 5.74) is 9.39. The van der Waals surface area contributed by atoms with E-state index in [2.05, 4.69) is 38.1 Å². The quantitative estimate of drug-likeness (QED) is 0.608. The third-order valence-electron chi connectivity index (χ3n) is 3.02. The molecular formula is C16H18ClNS. The van der Waals surface area contributed by atoms with Crippen molar-refractivity contribution in [1.82, 2.24) is 0 Å². The van der Waals surface area contributed by atoms with Crippen molar-refractivity contribution in [1.29, 1.82) is 0 Å². The maximum atomic E-state index is 5.99. The summed E-state index contributed by atoms with van der Waals surface area (Å²) >= 11 is 7.70. The molecule has 1 nitrogen and oxygen atoms in total. The van der Waals surface area contributed by atoms with Crippen molar-refractivity contribution >= 4 is 29.1 Å². The topological polar surface area (TPSA) is 26.0 Å². The smallest absolute Gasteiger partial charge is 0.0453 e. The van der Waals surface area contributed by atoms with Gasteiger partial charge in [-0.15, -0.1) is 11.8 Å². The van der Waals surface area contributed by atoms with E-state index in [9.17, 15) is 0 Å². The number of rotatable bonds is 4. The minimum atomic E-state index is 0.574. The normalized spacial score (nSPS) is 10.9. The summed E-state index contributed by atoms with van der Waals surface area (Å²) in [5.74, 6) is 1.48. The molecule has 0 atom stereocenters. The summed E-state index contributed by atoms with van der Waals surface area (Å²) in [6.45, 7) is 4.41. The molecule has 0 amide bonds. The molecular weight excluding hydrogens is 274 g/mol. The molecule has 0 saturated carbocycles. The number of hydrogen-bond acceptors (Lipinski definition) is 2. The van der Waals surface area contributed by atoms with E-state index in [1.165, 1.54) is 11.1 Å². The Bertz CT molecular complexity index is 549. The average Bonchev–Trinajstić information content (AvgIpc) is 2.40. The van der Waals surface area contributed by atoms with Gasteiger partial charge in [-0.05, 0) is 35.2 Å². The zero-order chi connectivity index (χ0) is 13.8. The minimum absolute atomic E-state index is 0.574. The molecule has 0 radical (unpaired) electrons. The zero-order valence-corrected chi connectivity index (χ0v) is 12.8. The minimum Gasteiger partial charge on any atom is -0.398 e. The lowest BCUT2D eigenvalue weighted by Crippen LogP contribution is -1.90. The van der Waals surface area contributed by atoms with Crippen LogP contribution in [-0.2, 0) is 5.75 Å². The van der Waals surface area contributed by atoms with Crippen molar-refractivity contribution in [3.05, 3.63) is 58.6 Å². The van der Waals surface area contributed by atoms with Crippen molar-refractivity contribution in [2.24, 2.45) is 0 Å². The maximum Gasteiger partial charge on any atom is 0.0453 e. The molecule has 2 N–H and O–H groups in total. The van der Waals surface area contributed by atoms with Gasteiger partial charge in [-0.25, -0.2) is 0 Å². The van der Waals surface area contributed by atoms with Crippen molar-refractivity contribution in [2.75, 3.05) is 5.73 Å². The fraction of sp³-hybridized carbons (Fsp3) is 0.250. The second-order valence-corrected chi connectivity index (χ2v) is 6.32. The van der Waals surface area contributed by atoms with Gasteiger partial charge < -0.3 is 5.73 Å². The largest absolute Gasteiger partial charge is 0.398 e. The predicted octanol–water partition coefficient (Wildman–Crippen LogP) is 5.34. The number of halogens is 1. The standard InChI is InChI=1S/C16H18ClNS/c1-11(2)13-5-3-12(4-6-13)10-19-16-9-14(17)7-8-15(16)18/h3-9,11H,10,18H2,1-2H3. The summed E-state index contributed by atoms with van der Waals surface area (Å²) in [6, 6.07) is 14.4. The van der Waals surface area contributed by atoms with Crippen molar-refractivity contribution in [3.8, 4) is 0 Å². The molecule has 3 heteroatoms. The summed E-state index contributed by atoms with van der Waals surface area (Å²) in [6.07, 6.45) is 0. The van der Waals surface area contributed by atoms with E-state index in [0.29, 0.717) is 5.92 Å². The van der Waals surface area contributed by atoms with E-state index in [0.717, 1.165) is 21.4 Å². The van der Waals surface area contributed by atoms with E-state index in [1.54, 1.807) is 11.8 Å². The van der Waals surface area contributed by atoms with Gasteiger partial charge in [0.05, 0.1) is 0 Å². The molecule has 0 heterocycles. The second-order valence-electron chi connectivity index (χ2n) is 4.87. The Morgan fingerprint density at radius 3 is 2.42 bits per heavy atom. The van der Waals surface area contributed by atoms with Gasteiger partial charge in [-0.2, -0.15) is 0 Å². The predicted molar refractivity (Wildman–Crippen MR) is 86.0 cm³/mol. The Morgan fingerprint density at radius 2 is 1.79 bits per heavy atom. The Balaban J connectivity index is 2.04. The average molecular weight is 292 g/mol. The molecule has 2 aromatic carbocycles. The van der Waals surface area contributed by atoms with Gasteiger partial charge in [0.1, 0.15) is 0 Å². The zero-order valence-electron chi connectivity index (χ0n) is 11.2. The first kappa shape index (κ1) is 14.3. The van der Waals surface area contributed by atoms with Gasteiger partial charge >= 0.3 is 0 Å². The number of nitrogens with two attached hydrogens (primary N) is 1. The highest BCUT2D eigenvalue weighted by Crippen LogP contribution is 2.30. The SMILES string of the molecule is CC(C)c1ccc(CSc2cc(Cl)ccc2N)cc1. The van der Waals surface area contributed by atoms with Gasteiger partial charge in [-0.3, -0.25) is 0 Å². The van der Waals surface area contributed by atoms with E-state index in [-0.39, 0.29) is 0 Å². The van der Waals surface area contributed by atoms with Crippen LogP contribution in [0.2, 0.25) is 5.02 Å². The highest BCUT2D eigenvalue weighted by atomic mass is 35.5. The van der Waals surface area contributed by atoms with Crippen molar-refractivity contribution in [3.63, 3.8) is 0 Å². The van der Waals surface area contributed by atoms with E-state index < -0.39 is 0 Å². The van der Waals surface area contributed by atoms with E-state index >= 15 is 0 Å². The third kappa shape index (κ3) is 3.92. The van der Waals surface area contributed by atoms with Gasteiger partial charge in [-0.1, -0.05) is 49.7 Å². The monoisotopic (exact) mass is 291 g/mol. The van der Waals surface area contributed by atoms with Crippen LogP contribution in [0.3, 0.4) is 0 Å². The number of anilines is 1. The highest BCUT2D eigenvalue weighted by Gasteiger charge is 2.03. The van der Waals surface area contributed by atoms with Crippen LogP contribution in [0, 0.1) is 0 Å². The van der Waals surface area contributed by atoms with Crippen LogP contribution in [-0.4, -0.2) is 0 Å². The first-order valence-electron chi connectivity index (χ1n) is 6.33. The lowest BCUT2D eigenvalue weighted by molar-refractivity contribution is 0.866. The van der Waals surface area contributed by atoms with Crippen LogP contribution in [0.4, 0.5) is 5.69 Å². The lowest BCUT2D eigenvalue weighted by atomic mass is 10.0. The number of benzene rings is 2. The lowest BCUT2D eigenvalue weighted by Gasteiger charge is -2.08. The fourth-order valence-corrected chi connectivity index (χ4v) is 2.99. The molecule has 0 bridgehead atoms. The first-order valence-corrected chi connectivity index (χ1v) is 7.69. The van der Waals surface area contributed by atoms with Crippen LogP contribution in [0.25, 0.3) is 0 Å². The molecule has 0 aromatic heterocycles. The fourth-order valence-electron chi connectivity index (χ4n) is 1.79. The molecule has 0 unspecified atom stereocenters. The molecule has 0 fully saturated rings. The van der Waals surface area contributed by atoms with Crippen molar-refractivity contribution in [2.45, 2.75) is 30.4 Å². The molecule has 0 spiro atoms. The molecule has 2 rings (SSSR count). The summed E-state index contributed by atoms with van der Waals surface area (Å²) in [7, 11) is 0. The first-order chi connectivity index (χ1) is 9.06. The van der Waals surface area contributed by atoms with Gasteiger partial charge in [0.15, 0.2) is 0 Å². The van der Waals surface area contributed by atoms with E-state index in [4.69, 9.17) is 17.3 Å². The Morgan fingerprint density at radius 1 is 1.11 bits per heavy atom. The number of hydrogen-bond donors (Lipinski definition) is 1. The number of thioether (sulfide) groups is 1. The third-order valence-corrected chi connectivity index (χ3v) is 4.39. The van der Waals surface area contributed by atoms with Crippen molar-refractivity contribution < 1.29 is 0 Å².